The predicted molar refractivity (Wildman–Crippen MR) is 79.4 cm³/mol. The van der Waals surface area contributed by atoms with Crippen molar-refractivity contribution < 1.29 is 0 Å². The Bertz CT molecular complexity index is 815. The van der Waals surface area contributed by atoms with E-state index in [1.807, 2.05) is 43.4 Å². The lowest BCUT2D eigenvalue weighted by Crippen LogP contribution is -2.18. The molecule has 94 valence electrons. The minimum atomic E-state index is 0.0522. The fourth-order valence-corrected chi connectivity index (χ4v) is 2.47. The van der Waals surface area contributed by atoms with Crippen molar-refractivity contribution in [3.8, 4) is 11.3 Å². The van der Waals surface area contributed by atoms with Gasteiger partial charge in [0.25, 0.3) is 5.56 Å². The largest absolute Gasteiger partial charge is 0.311 e. The van der Waals surface area contributed by atoms with Crippen LogP contribution in [0.2, 0.25) is 0 Å². The van der Waals surface area contributed by atoms with Crippen LogP contribution < -0.4 is 5.56 Å². The molecule has 0 spiro atoms. The number of hydrogen-bond acceptors (Lipinski definition) is 1. The number of aromatic nitrogens is 1. The van der Waals surface area contributed by atoms with E-state index in [0.29, 0.717) is 0 Å². The van der Waals surface area contributed by atoms with Crippen LogP contribution in [0.1, 0.15) is 5.56 Å². The summed E-state index contributed by atoms with van der Waals surface area (Å²) in [6, 6.07) is 17.9. The third kappa shape index (κ3) is 1.85. The average Bonchev–Trinajstić information content (AvgIpc) is 2.44. The highest BCUT2D eigenvalue weighted by atomic mass is 16.1. The Labute approximate surface area is 111 Å². The van der Waals surface area contributed by atoms with Crippen LogP contribution in [0.5, 0.6) is 0 Å². The molecule has 0 saturated heterocycles. The topological polar surface area (TPSA) is 22.0 Å². The van der Waals surface area contributed by atoms with E-state index in [2.05, 4.69) is 25.1 Å². The first-order valence-corrected chi connectivity index (χ1v) is 6.33. The molecule has 0 radical (unpaired) electrons. The van der Waals surface area contributed by atoms with Crippen LogP contribution in [0.15, 0.2) is 59.4 Å². The Balaban J connectivity index is 2.40. The molecule has 0 atom stereocenters. The first kappa shape index (κ1) is 11.7. The molecule has 3 aromatic rings. The van der Waals surface area contributed by atoms with Gasteiger partial charge in [-0.3, -0.25) is 4.79 Å². The van der Waals surface area contributed by atoms with Gasteiger partial charge < -0.3 is 4.57 Å². The quantitative estimate of drug-likeness (QED) is 0.647. The van der Waals surface area contributed by atoms with Crippen LogP contribution in [0, 0.1) is 6.92 Å². The van der Waals surface area contributed by atoms with Crippen molar-refractivity contribution in [3.63, 3.8) is 0 Å². The van der Waals surface area contributed by atoms with E-state index in [0.717, 1.165) is 22.0 Å². The van der Waals surface area contributed by atoms with E-state index in [-0.39, 0.29) is 5.56 Å². The summed E-state index contributed by atoms with van der Waals surface area (Å²) in [7, 11) is 1.83. The third-order valence-corrected chi connectivity index (χ3v) is 3.57. The van der Waals surface area contributed by atoms with E-state index in [1.54, 1.807) is 4.57 Å². The first-order chi connectivity index (χ1) is 9.18. The molecule has 2 nitrogen and oxygen atoms in total. The second-order valence-corrected chi connectivity index (χ2v) is 4.80. The van der Waals surface area contributed by atoms with Gasteiger partial charge in [0.1, 0.15) is 0 Å². The minimum Gasteiger partial charge on any atom is -0.311 e. The maximum Gasteiger partial charge on any atom is 0.258 e. The maximum atomic E-state index is 12.4. The molecule has 0 aliphatic carbocycles. The van der Waals surface area contributed by atoms with Gasteiger partial charge >= 0.3 is 0 Å². The summed E-state index contributed by atoms with van der Waals surface area (Å²) in [5.41, 5.74) is 3.29. The van der Waals surface area contributed by atoms with Crippen LogP contribution in [-0.2, 0) is 7.05 Å². The van der Waals surface area contributed by atoms with E-state index in [1.165, 1.54) is 5.56 Å². The molecule has 2 heteroatoms. The predicted octanol–water partition coefficient (Wildman–Crippen LogP) is 3.51. The molecule has 2 aromatic carbocycles. The number of aryl methyl sites for hydroxylation is 1. The first-order valence-electron chi connectivity index (χ1n) is 6.33. The van der Waals surface area contributed by atoms with Gasteiger partial charge in [0.15, 0.2) is 0 Å². The van der Waals surface area contributed by atoms with Crippen molar-refractivity contribution >= 4 is 10.8 Å². The van der Waals surface area contributed by atoms with Gasteiger partial charge in [0.05, 0.1) is 5.69 Å². The molecule has 3 rings (SSSR count). The fraction of sp³-hybridized carbons (Fsp3) is 0.118. The van der Waals surface area contributed by atoms with E-state index in [9.17, 15) is 4.79 Å². The van der Waals surface area contributed by atoms with Crippen LogP contribution in [0.3, 0.4) is 0 Å². The molecule has 1 aromatic heterocycles. The molecular weight excluding hydrogens is 234 g/mol. The fourth-order valence-electron chi connectivity index (χ4n) is 2.47. The number of hydrogen-bond donors (Lipinski definition) is 0. The van der Waals surface area contributed by atoms with Gasteiger partial charge in [-0.2, -0.15) is 0 Å². The zero-order chi connectivity index (χ0) is 13.4. The van der Waals surface area contributed by atoms with Crippen molar-refractivity contribution in [1.82, 2.24) is 4.57 Å². The summed E-state index contributed by atoms with van der Waals surface area (Å²) in [5.74, 6) is 0. The zero-order valence-electron chi connectivity index (χ0n) is 11.1. The SMILES string of the molecule is Cc1ccccc1-c1cc2ccccc2c(=O)n1C. The Morgan fingerprint density at radius 2 is 1.63 bits per heavy atom. The molecule has 0 fully saturated rings. The van der Waals surface area contributed by atoms with E-state index >= 15 is 0 Å². The number of nitrogens with zero attached hydrogens (tertiary/aromatic N) is 1. The standard InChI is InChI=1S/C17H15NO/c1-12-7-3-5-9-14(12)16-11-13-8-4-6-10-15(13)17(19)18(16)2/h3-11H,1-2H3. The van der Waals surface area contributed by atoms with Crippen molar-refractivity contribution in [1.29, 1.82) is 0 Å². The molecule has 0 amide bonds. The van der Waals surface area contributed by atoms with Gasteiger partial charge in [-0.15, -0.1) is 0 Å². The highest BCUT2D eigenvalue weighted by Crippen LogP contribution is 2.24. The summed E-state index contributed by atoms with van der Waals surface area (Å²) in [5, 5.41) is 1.76. The third-order valence-electron chi connectivity index (χ3n) is 3.57. The summed E-state index contributed by atoms with van der Waals surface area (Å²) >= 11 is 0. The molecule has 0 aliphatic rings. The number of fused-ring (bicyclic) bond motifs is 1. The van der Waals surface area contributed by atoms with Crippen LogP contribution in [0.4, 0.5) is 0 Å². The van der Waals surface area contributed by atoms with Crippen molar-refractivity contribution in [2.75, 3.05) is 0 Å². The summed E-state index contributed by atoms with van der Waals surface area (Å²) in [6.45, 7) is 2.06. The van der Waals surface area contributed by atoms with Crippen molar-refractivity contribution in [2.24, 2.45) is 7.05 Å². The molecule has 0 N–H and O–H groups in total. The van der Waals surface area contributed by atoms with Crippen molar-refractivity contribution in [3.05, 3.63) is 70.5 Å². The van der Waals surface area contributed by atoms with Gasteiger partial charge in [-0.1, -0.05) is 42.5 Å². The summed E-state index contributed by atoms with van der Waals surface area (Å²) in [6.07, 6.45) is 0. The second-order valence-electron chi connectivity index (χ2n) is 4.80. The number of pyridine rings is 1. The highest BCUT2D eigenvalue weighted by molar-refractivity contribution is 5.85. The monoisotopic (exact) mass is 249 g/mol. The molecular formula is C17H15NO. The van der Waals surface area contributed by atoms with Gasteiger partial charge in [0, 0.05) is 18.0 Å². The summed E-state index contributed by atoms with van der Waals surface area (Å²) in [4.78, 5) is 12.4. The van der Waals surface area contributed by atoms with Gasteiger partial charge in [-0.25, -0.2) is 0 Å². The lowest BCUT2D eigenvalue weighted by Gasteiger charge is -2.12. The molecule has 0 saturated carbocycles. The summed E-state index contributed by atoms with van der Waals surface area (Å²) < 4.78 is 1.73. The molecule has 1 heterocycles. The van der Waals surface area contributed by atoms with Crippen LogP contribution in [0.25, 0.3) is 22.0 Å². The Hall–Kier alpha value is -2.35. The van der Waals surface area contributed by atoms with E-state index in [4.69, 9.17) is 0 Å². The van der Waals surface area contributed by atoms with E-state index < -0.39 is 0 Å². The molecule has 19 heavy (non-hydrogen) atoms. The Morgan fingerprint density at radius 3 is 2.42 bits per heavy atom. The minimum absolute atomic E-state index is 0.0522. The smallest absolute Gasteiger partial charge is 0.258 e. The molecule has 0 bridgehead atoms. The highest BCUT2D eigenvalue weighted by Gasteiger charge is 2.09. The molecule has 0 unspecified atom stereocenters. The normalized spacial score (nSPS) is 10.8. The van der Waals surface area contributed by atoms with Crippen LogP contribution >= 0.6 is 0 Å². The molecule has 0 aliphatic heterocycles. The number of rotatable bonds is 1. The van der Waals surface area contributed by atoms with Crippen molar-refractivity contribution in [2.45, 2.75) is 6.92 Å². The number of benzene rings is 2. The lowest BCUT2D eigenvalue weighted by molar-refractivity contribution is 0.882. The van der Waals surface area contributed by atoms with Gasteiger partial charge in [0.2, 0.25) is 0 Å². The van der Waals surface area contributed by atoms with Crippen LogP contribution in [-0.4, -0.2) is 4.57 Å². The zero-order valence-corrected chi connectivity index (χ0v) is 11.1. The Kier molecular flexibility index (Phi) is 2.71. The second kappa shape index (κ2) is 4.39. The average molecular weight is 249 g/mol. The maximum absolute atomic E-state index is 12.4. The van der Waals surface area contributed by atoms with Gasteiger partial charge in [-0.05, 0) is 30.0 Å². The Morgan fingerprint density at radius 1 is 0.947 bits per heavy atom. The lowest BCUT2D eigenvalue weighted by atomic mass is 10.0.